The predicted molar refractivity (Wildman–Crippen MR) is 142 cm³/mol. The highest BCUT2D eigenvalue weighted by Gasteiger charge is 2.21. The third-order valence-corrected chi connectivity index (χ3v) is 6.66. The smallest absolute Gasteiger partial charge is 0.220 e. The molecule has 35 heavy (non-hydrogen) atoms. The molecule has 1 amide bonds. The molecule has 0 aliphatic heterocycles. The lowest BCUT2D eigenvalue weighted by Gasteiger charge is -2.22. The zero-order valence-corrected chi connectivity index (χ0v) is 21.5. The summed E-state index contributed by atoms with van der Waals surface area (Å²) >= 11 is 0. The van der Waals surface area contributed by atoms with Crippen LogP contribution >= 0.6 is 0 Å². The monoisotopic (exact) mass is 483 g/mol. The summed E-state index contributed by atoms with van der Waals surface area (Å²) in [6, 6.07) is 14.7. The predicted octanol–water partition coefficient (Wildman–Crippen LogP) is 5.65. The van der Waals surface area contributed by atoms with Gasteiger partial charge in [0.25, 0.3) is 0 Å². The molecular formula is C30H47N2O3+. The molecule has 2 aromatic rings. The maximum Gasteiger partial charge on any atom is 0.220 e. The second-order valence-corrected chi connectivity index (χ2v) is 9.67. The fourth-order valence-electron chi connectivity index (χ4n) is 4.49. The molecule has 0 radical (unpaired) electrons. The number of aromatic nitrogens is 1. The van der Waals surface area contributed by atoms with E-state index in [1.165, 1.54) is 70.6 Å². The molecule has 5 heteroatoms. The fourth-order valence-corrected chi connectivity index (χ4v) is 4.49. The van der Waals surface area contributed by atoms with Gasteiger partial charge in [-0.25, -0.2) is 4.57 Å². The summed E-state index contributed by atoms with van der Waals surface area (Å²) in [6.45, 7) is 0.849. The minimum atomic E-state index is -0.899. The Balaban J connectivity index is 1.35. The van der Waals surface area contributed by atoms with Crippen LogP contribution in [0.4, 0.5) is 0 Å². The van der Waals surface area contributed by atoms with Gasteiger partial charge in [0, 0.05) is 25.0 Å². The van der Waals surface area contributed by atoms with Gasteiger partial charge in [0.1, 0.15) is 12.6 Å². The van der Waals surface area contributed by atoms with Crippen LogP contribution in [-0.2, 0) is 11.3 Å². The van der Waals surface area contributed by atoms with Crippen molar-refractivity contribution in [2.75, 3.05) is 6.61 Å². The zero-order chi connectivity index (χ0) is 25.0. The summed E-state index contributed by atoms with van der Waals surface area (Å²) in [4.78, 5) is 12.2. The number of hydrogen-bond acceptors (Lipinski definition) is 3. The summed E-state index contributed by atoms with van der Waals surface area (Å²) in [5.41, 5.74) is 0.699. The van der Waals surface area contributed by atoms with Gasteiger partial charge in [-0.2, -0.15) is 0 Å². The number of rotatable bonds is 20. The van der Waals surface area contributed by atoms with Gasteiger partial charge in [-0.15, -0.1) is 0 Å². The summed E-state index contributed by atoms with van der Waals surface area (Å²) in [5.74, 6) is -0.0992. The van der Waals surface area contributed by atoms with E-state index in [9.17, 15) is 15.0 Å². The molecule has 0 saturated carbocycles. The third-order valence-electron chi connectivity index (χ3n) is 6.66. The van der Waals surface area contributed by atoms with E-state index in [0.717, 1.165) is 19.4 Å². The van der Waals surface area contributed by atoms with Crippen LogP contribution in [0.5, 0.6) is 0 Å². The van der Waals surface area contributed by atoms with Crippen molar-refractivity contribution in [3.05, 3.63) is 66.5 Å². The van der Waals surface area contributed by atoms with E-state index in [1.807, 2.05) is 18.2 Å². The molecule has 194 valence electrons. The first-order chi connectivity index (χ1) is 17.2. The number of hydrogen-bond donors (Lipinski definition) is 3. The highest BCUT2D eigenvalue weighted by Crippen LogP contribution is 2.17. The summed E-state index contributed by atoms with van der Waals surface area (Å²) < 4.78 is 2.26. The third kappa shape index (κ3) is 13.4. The van der Waals surface area contributed by atoms with E-state index in [4.69, 9.17) is 0 Å². The first-order valence-corrected chi connectivity index (χ1v) is 13.8. The van der Waals surface area contributed by atoms with Gasteiger partial charge in [-0.05, 0) is 18.4 Å². The molecule has 2 rings (SSSR count). The van der Waals surface area contributed by atoms with Crippen molar-refractivity contribution >= 4 is 5.91 Å². The molecular weight excluding hydrogens is 436 g/mol. The fraction of sp³-hybridized carbons (Fsp3) is 0.600. The quantitative estimate of drug-likeness (QED) is 0.168. The first kappa shape index (κ1) is 29.0. The van der Waals surface area contributed by atoms with Crippen molar-refractivity contribution in [2.45, 2.75) is 109 Å². The Labute approximate surface area is 212 Å². The van der Waals surface area contributed by atoms with Gasteiger partial charge in [-0.3, -0.25) is 4.79 Å². The molecule has 0 unspecified atom stereocenters. The van der Waals surface area contributed by atoms with Gasteiger partial charge in [0.15, 0.2) is 12.4 Å². The maximum absolute atomic E-state index is 12.2. The van der Waals surface area contributed by atoms with Crippen LogP contribution in [0.15, 0.2) is 60.9 Å². The van der Waals surface area contributed by atoms with E-state index < -0.39 is 12.1 Å². The average molecular weight is 484 g/mol. The molecule has 0 aliphatic carbocycles. The van der Waals surface area contributed by atoms with Crippen LogP contribution in [0.2, 0.25) is 0 Å². The maximum atomic E-state index is 12.2. The lowest BCUT2D eigenvalue weighted by atomic mass is 10.0. The highest BCUT2D eigenvalue weighted by atomic mass is 16.3. The number of unbranched alkanes of at least 4 members (excludes halogenated alkanes) is 12. The largest absolute Gasteiger partial charge is 0.394 e. The molecule has 0 bridgehead atoms. The molecule has 0 fully saturated rings. The van der Waals surface area contributed by atoms with Crippen LogP contribution in [0.3, 0.4) is 0 Å². The van der Waals surface area contributed by atoms with Crippen molar-refractivity contribution in [3.63, 3.8) is 0 Å². The standard InChI is InChI=1S/C30H46N2O3/c33-26-28(30(35)27-20-14-12-15-21-27)31-29(34)22-16-10-8-6-4-2-1-3-5-7-9-11-17-23-32-24-18-13-19-25-32/h12-15,18-21,24-25,28,30,33,35H,1-11,16-17,22-23,26H2/p+1/t28-,30-/m1/s1. The van der Waals surface area contributed by atoms with E-state index in [0.29, 0.717) is 12.0 Å². The lowest BCUT2D eigenvalue weighted by molar-refractivity contribution is -0.697. The Morgan fingerprint density at radius 3 is 1.74 bits per heavy atom. The second kappa shape index (κ2) is 19.0. The van der Waals surface area contributed by atoms with Crippen molar-refractivity contribution in [1.82, 2.24) is 5.32 Å². The van der Waals surface area contributed by atoms with Crippen molar-refractivity contribution in [2.24, 2.45) is 0 Å². The van der Waals surface area contributed by atoms with Crippen molar-refractivity contribution < 1.29 is 19.6 Å². The number of amides is 1. The van der Waals surface area contributed by atoms with Crippen LogP contribution in [0.1, 0.15) is 102 Å². The number of pyridine rings is 1. The molecule has 1 aromatic carbocycles. The van der Waals surface area contributed by atoms with E-state index in [1.54, 1.807) is 12.1 Å². The molecule has 1 heterocycles. The number of aliphatic hydroxyl groups excluding tert-OH is 2. The minimum Gasteiger partial charge on any atom is -0.394 e. The number of aliphatic hydroxyl groups is 2. The van der Waals surface area contributed by atoms with E-state index >= 15 is 0 Å². The van der Waals surface area contributed by atoms with Gasteiger partial charge in [0.2, 0.25) is 5.91 Å². The summed E-state index contributed by atoms with van der Waals surface area (Å²) in [6.07, 6.45) is 20.1. The van der Waals surface area contributed by atoms with Crippen molar-refractivity contribution in [3.8, 4) is 0 Å². The SMILES string of the molecule is O=C(CCCCCCCCCCCCCCC[n+]1ccccc1)N[C@H](CO)[C@H](O)c1ccccc1. The Kier molecular flexibility index (Phi) is 15.7. The number of carbonyl (C=O) groups excluding carboxylic acids is 1. The number of aryl methyl sites for hydroxylation is 1. The lowest BCUT2D eigenvalue weighted by Crippen LogP contribution is -2.41. The molecule has 0 spiro atoms. The Bertz CT molecular complexity index is 770. The highest BCUT2D eigenvalue weighted by molar-refractivity contribution is 5.76. The summed E-state index contributed by atoms with van der Waals surface area (Å²) in [7, 11) is 0. The number of carbonyl (C=O) groups is 1. The average Bonchev–Trinajstić information content (AvgIpc) is 2.90. The Morgan fingerprint density at radius 2 is 1.20 bits per heavy atom. The van der Waals surface area contributed by atoms with Crippen LogP contribution < -0.4 is 9.88 Å². The Morgan fingerprint density at radius 1 is 0.714 bits per heavy atom. The molecule has 2 atom stereocenters. The minimum absolute atomic E-state index is 0.0992. The van der Waals surface area contributed by atoms with Gasteiger partial charge in [-0.1, -0.05) is 101 Å². The molecule has 0 saturated heterocycles. The van der Waals surface area contributed by atoms with E-state index in [2.05, 4.69) is 40.5 Å². The van der Waals surface area contributed by atoms with Gasteiger partial charge in [0.05, 0.1) is 12.6 Å². The zero-order valence-electron chi connectivity index (χ0n) is 21.5. The first-order valence-electron chi connectivity index (χ1n) is 13.8. The molecule has 1 aromatic heterocycles. The normalized spacial score (nSPS) is 12.9. The van der Waals surface area contributed by atoms with Gasteiger partial charge < -0.3 is 15.5 Å². The van der Waals surface area contributed by atoms with E-state index in [-0.39, 0.29) is 12.5 Å². The number of nitrogens with one attached hydrogen (secondary N) is 1. The van der Waals surface area contributed by atoms with Crippen LogP contribution in [-0.4, -0.2) is 28.8 Å². The number of nitrogens with zero attached hydrogens (tertiary/aromatic N) is 1. The number of benzene rings is 1. The molecule has 3 N–H and O–H groups in total. The van der Waals surface area contributed by atoms with Crippen molar-refractivity contribution in [1.29, 1.82) is 0 Å². The topological polar surface area (TPSA) is 73.4 Å². The van der Waals surface area contributed by atoms with Crippen LogP contribution in [0, 0.1) is 0 Å². The van der Waals surface area contributed by atoms with Gasteiger partial charge >= 0.3 is 0 Å². The molecule has 0 aliphatic rings. The van der Waals surface area contributed by atoms with Crippen LogP contribution in [0.25, 0.3) is 0 Å². The second-order valence-electron chi connectivity index (χ2n) is 9.67. The Hall–Kier alpha value is -2.24. The molecule has 5 nitrogen and oxygen atoms in total. The summed E-state index contributed by atoms with van der Waals surface area (Å²) in [5, 5.41) is 22.7.